The van der Waals surface area contributed by atoms with Crippen molar-refractivity contribution in [2.45, 2.75) is 31.7 Å². The lowest BCUT2D eigenvalue weighted by Crippen LogP contribution is -2.38. The van der Waals surface area contributed by atoms with Crippen molar-refractivity contribution < 1.29 is 4.79 Å². The quantitative estimate of drug-likeness (QED) is 0.765. The minimum absolute atomic E-state index is 0.0151. The van der Waals surface area contributed by atoms with Gasteiger partial charge >= 0.3 is 0 Å². The largest absolute Gasteiger partial charge is 0.349 e. The highest BCUT2D eigenvalue weighted by atomic mass is 16.1. The van der Waals surface area contributed by atoms with Crippen LogP contribution in [0.2, 0.25) is 0 Å². The topological polar surface area (TPSA) is 57.8 Å². The summed E-state index contributed by atoms with van der Waals surface area (Å²) in [7, 11) is 0. The zero-order chi connectivity index (χ0) is 10.3. The average Bonchev–Trinajstić information content (AvgIpc) is 2.95. The van der Waals surface area contributed by atoms with Crippen molar-refractivity contribution >= 4 is 5.91 Å². The van der Waals surface area contributed by atoms with Gasteiger partial charge in [0.1, 0.15) is 0 Å². The highest BCUT2D eigenvalue weighted by molar-refractivity contribution is 5.93. The van der Waals surface area contributed by atoms with Gasteiger partial charge in [-0.2, -0.15) is 5.10 Å². The molecule has 1 aromatic heterocycles. The first-order valence-electron chi connectivity index (χ1n) is 5.62. The molecule has 3 atom stereocenters. The Bertz CT molecular complexity index is 360. The van der Waals surface area contributed by atoms with Crippen molar-refractivity contribution in [3.05, 3.63) is 18.0 Å². The number of hydrogen-bond donors (Lipinski definition) is 2. The van der Waals surface area contributed by atoms with E-state index in [0.717, 1.165) is 11.8 Å². The van der Waals surface area contributed by atoms with E-state index >= 15 is 0 Å². The van der Waals surface area contributed by atoms with Crippen LogP contribution >= 0.6 is 0 Å². The smallest absolute Gasteiger partial charge is 0.254 e. The van der Waals surface area contributed by atoms with Crippen molar-refractivity contribution in [1.82, 2.24) is 15.5 Å². The maximum absolute atomic E-state index is 11.8. The fraction of sp³-hybridized carbons (Fsp3) is 0.636. The van der Waals surface area contributed by atoms with Gasteiger partial charge in [0.25, 0.3) is 5.91 Å². The van der Waals surface area contributed by atoms with Gasteiger partial charge in [-0.25, -0.2) is 0 Å². The van der Waals surface area contributed by atoms with E-state index in [1.165, 1.54) is 25.7 Å². The summed E-state index contributed by atoms with van der Waals surface area (Å²) in [6.07, 6.45) is 8.36. The maximum Gasteiger partial charge on any atom is 0.254 e. The Morgan fingerprint density at radius 2 is 2.40 bits per heavy atom. The Morgan fingerprint density at radius 1 is 1.47 bits per heavy atom. The molecule has 2 bridgehead atoms. The lowest BCUT2D eigenvalue weighted by Gasteiger charge is -2.22. The third kappa shape index (κ3) is 1.54. The summed E-state index contributed by atoms with van der Waals surface area (Å²) in [6, 6.07) is 0.408. The lowest BCUT2D eigenvalue weighted by atomic mass is 9.95. The Morgan fingerprint density at radius 3 is 3.00 bits per heavy atom. The van der Waals surface area contributed by atoms with Crippen LogP contribution in [-0.2, 0) is 0 Å². The Labute approximate surface area is 88.4 Å². The SMILES string of the molecule is O=C(NC1CC2CCC1C2)c1cn[nH]c1. The van der Waals surface area contributed by atoms with Gasteiger partial charge < -0.3 is 5.32 Å². The molecule has 80 valence electrons. The Balaban J connectivity index is 1.64. The zero-order valence-electron chi connectivity index (χ0n) is 8.57. The average molecular weight is 205 g/mol. The predicted molar refractivity (Wildman–Crippen MR) is 55.3 cm³/mol. The number of nitrogens with zero attached hydrogens (tertiary/aromatic N) is 1. The van der Waals surface area contributed by atoms with E-state index in [-0.39, 0.29) is 5.91 Å². The van der Waals surface area contributed by atoms with Crippen molar-refractivity contribution in [3.8, 4) is 0 Å². The van der Waals surface area contributed by atoms with Crippen LogP contribution in [0.4, 0.5) is 0 Å². The summed E-state index contributed by atoms with van der Waals surface area (Å²) in [4.78, 5) is 11.8. The molecule has 3 unspecified atom stereocenters. The molecular weight excluding hydrogens is 190 g/mol. The Hall–Kier alpha value is -1.32. The van der Waals surface area contributed by atoms with Gasteiger partial charge in [0.2, 0.25) is 0 Å². The number of hydrogen-bond acceptors (Lipinski definition) is 2. The standard InChI is InChI=1S/C11H15N3O/c15-11(9-5-12-13-6-9)14-10-4-7-1-2-8(10)3-7/h5-8,10H,1-4H2,(H,12,13)(H,14,15). The third-order valence-electron chi connectivity index (χ3n) is 3.81. The molecule has 3 rings (SSSR count). The van der Waals surface area contributed by atoms with Crippen LogP contribution in [0, 0.1) is 11.8 Å². The number of nitrogens with one attached hydrogen (secondary N) is 2. The molecule has 2 fully saturated rings. The van der Waals surface area contributed by atoms with Gasteiger partial charge in [0.05, 0.1) is 11.8 Å². The molecule has 0 saturated heterocycles. The molecule has 4 heteroatoms. The summed E-state index contributed by atoms with van der Waals surface area (Å²) in [5.74, 6) is 1.61. The van der Waals surface area contributed by atoms with E-state index in [0.29, 0.717) is 11.6 Å². The molecule has 4 nitrogen and oxygen atoms in total. The van der Waals surface area contributed by atoms with E-state index in [1.54, 1.807) is 12.4 Å². The number of fused-ring (bicyclic) bond motifs is 2. The molecule has 2 aliphatic carbocycles. The number of rotatable bonds is 2. The molecule has 2 saturated carbocycles. The van der Waals surface area contributed by atoms with E-state index in [2.05, 4.69) is 15.5 Å². The predicted octanol–water partition coefficient (Wildman–Crippen LogP) is 1.33. The number of carbonyl (C=O) groups is 1. The highest BCUT2D eigenvalue weighted by Crippen LogP contribution is 2.44. The fourth-order valence-electron chi connectivity index (χ4n) is 3.05. The van der Waals surface area contributed by atoms with Crippen LogP contribution in [0.3, 0.4) is 0 Å². The summed E-state index contributed by atoms with van der Waals surface area (Å²) in [5.41, 5.74) is 0.637. The molecule has 0 aliphatic heterocycles. The third-order valence-corrected chi connectivity index (χ3v) is 3.81. The van der Waals surface area contributed by atoms with E-state index in [4.69, 9.17) is 0 Å². The lowest BCUT2D eigenvalue weighted by molar-refractivity contribution is 0.0923. The van der Waals surface area contributed by atoms with Gasteiger partial charge in [-0.05, 0) is 31.1 Å². The van der Waals surface area contributed by atoms with Gasteiger partial charge in [0.15, 0.2) is 0 Å². The highest BCUT2D eigenvalue weighted by Gasteiger charge is 2.40. The van der Waals surface area contributed by atoms with Crippen molar-refractivity contribution in [1.29, 1.82) is 0 Å². The van der Waals surface area contributed by atoms with Crippen molar-refractivity contribution in [2.24, 2.45) is 11.8 Å². The van der Waals surface area contributed by atoms with Crippen LogP contribution < -0.4 is 5.32 Å². The van der Waals surface area contributed by atoms with Crippen LogP contribution in [-0.4, -0.2) is 22.1 Å². The first kappa shape index (κ1) is 8.95. The minimum atomic E-state index is 0.0151. The monoisotopic (exact) mass is 205 g/mol. The molecular formula is C11H15N3O. The minimum Gasteiger partial charge on any atom is -0.349 e. The first-order valence-corrected chi connectivity index (χ1v) is 5.62. The summed E-state index contributed by atoms with van der Waals surface area (Å²) >= 11 is 0. The summed E-state index contributed by atoms with van der Waals surface area (Å²) < 4.78 is 0. The molecule has 2 N–H and O–H groups in total. The molecule has 0 spiro atoms. The fourth-order valence-corrected chi connectivity index (χ4v) is 3.05. The number of aromatic amines is 1. The molecule has 1 amide bonds. The number of amides is 1. The van der Waals surface area contributed by atoms with Gasteiger partial charge in [0, 0.05) is 12.2 Å². The van der Waals surface area contributed by atoms with Crippen LogP contribution in [0.25, 0.3) is 0 Å². The zero-order valence-corrected chi connectivity index (χ0v) is 8.57. The van der Waals surface area contributed by atoms with E-state index < -0.39 is 0 Å². The van der Waals surface area contributed by atoms with Gasteiger partial charge in [-0.15, -0.1) is 0 Å². The molecule has 0 aromatic carbocycles. The second-order valence-electron chi connectivity index (χ2n) is 4.74. The van der Waals surface area contributed by atoms with Crippen molar-refractivity contribution in [3.63, 3.8) is 0 Å². The summed E-state index contributed by atoms with van der Waals surface area (Å²) in [6.45, 7) is 0. The number of carbonyl (C=O) groups excluding carboxylic acids is 1. The first-order chi connectivity index (χ1) is 7.33. The van der Waals surface area contributed by atoms with E-state index in [1.807, 2.05) is 0 Å². The van der Waals surface area contributed by atoms with Crippen LogP contribution in [0.15, 0.2) is 12.4 Å². The molecule has 1 heterocycles. The van der Waals surface area contributed by atoms with Crippen molar-refractivity contribution in [2.75, 3.05) is 0 Å². The van der Waals surface area contributed by atoms with Crippen LogP contribution in [0.1, 0.15) is 36.0 Å². The maximum atomic E-state index is 11.8. The number of H-pyrrole nitrogens is 1. The molecule has 2 aliphatic rings. The Kier molecular flexibility index (Phi) is 2.01. The van der Waals surface area contributed by atoms with Gasteiger partial charge in [-0.1, -0.05) is 6.42 Å². The summed E-state index contributed by atoms with van der Waals surface area (Å²) in [5, 5.41) is 9.55. The molecule has 0 radical (unpaired) electrons. The second kappa shape index (κ2) is 3.36. The molecule has 1 aromatic rings. The second-order valence-corrected chi connectivity index (χ2v) is 4.74. The van der Waals surface area contributed by atoms with Crippen LogP contribution in [0.5, 0.6) is 0 Å². The molecule has 15 heavy (non-hydrogen) atoms. The normalized spacial score (nSPS) is 33.2. The van der Waals surface area contributed by atoms with E-state index in [9.17, 15) is 4.79 Å². The van der Waals surface area contributed by atoms with Gasteiger partial charge in [-0.3, -0.25) is 9.89 Å². The number of aromatic nitrogens is 2.